The zero-order valence-electron chi connectivity index (χ0n) is 11.2. The molecule has 1 aromatic heterocycles. The van der Waals surface area contributed by atoms with Crippen LogP contribution in [-0.2, 0) is 13.1 Å². The molecule has 1 heterocycles. The molecular formula is C13H14ClN5O2. The Labute approximate surface area is 126 Å². The molecule has 8 heteroatoms. The summed E-state index contributed by atoms with van der Waals surface area (Å²) in [7, 11) is 0. The summed E-state index contributed by atoms with van der Waals surface area (Å²) in [6.07, 6.45) is 3.92. The maximum absolute atomic E-state index is 10.7. The fourth-order valence-electron chi connectivity index (χ4n) is 2.02. The number of non-ortho nitro benzene ring substituents is 1. The lowest BCUT2D eigenvalue weighted by atomic mass is 10.2. The SMILES string of the molecule is O=[N+]([O-])c1ccc(Cn2ncnc2CNC2CC2)c(Cl)c1. The Bertz CT molecular complexity index is 668. The Balaban J connectivity index is 1.73. The van der Waals surface area contributed by atoms with Gasteiger partial charge in [-0.25, -0.2) is 9.67 Å². The Kier molecular flexibility index (Phi) is 3.85. The highest BCUT2D eigenvalue weighted by Crippen LogP contribution is 2.23. The van der Waals surface area contributed by atoms with E-state index in [9.17, 15) is 10.1 Å². The Morgan fingerprint density at radius 3 is 2.95 bits per heavy atom. The van der Waals surface area contributed by atoms with Gasteiger partial charge in [-0.1, -0.05) is 11.6 Å². The molecule has 1 saturated carbocycles. The van der Waals surface area contributed by atoms with Crippen LogP contribution in [0.5, 0.6) is 0 Å². The molecule has 1 aliphatic carbocycles. The van der Waals surface area contributed by atoms with Crippen LogP contribution in [0.2, 0.25) is 5.02 Å². The molecule has 0 saturated heterocycles. The van der Waals surface area contributed by atoms with Crippen molar-refractivity contribution in [3.8, 4) is 0 Å². The van der Waals surface area contributed by atoms with Crippen LogP contribution in [0, 0.1) is 10.1 Å². The number of aromatic nitrogens is 3. The lowest BCUT2D eigenvalue weighted by molar-refractivity contribution is -0.384. The summed E-state index contributed by atoms with van der Waals surface area (Å²) in [5, 5.41) is 18.6. The van der Waals surface area contributed by atoms with Crippen molar-refractivity contribution in [2.24, 2.45) is 0 Å². The Morgan fingerprint density at radius 1 is 1.48 bits per heavy atom. The number of nitro benzene ring substituents is 1. The predicted molar refractivity (Wildman–Crippen MR) is 77.1 cm³/mol. The first-order valence-corrected chi connectivity index (χ1v) is 7.04. The van der Waals surface area contributed by atoms with Gasteiger partial charge in [0.1, 0.15) is 12.2 Å². The maximum atomic E-state index is 10.7. The van der Waals surface area contributed by atoms with E-state index in [0.717, 1.165) is 11.4 Å². The van der Waals surface area contributed by atoms with E-state index in [2.05, 4.69) is 15.4 Å². The topological polar surface area (TPSA) is 85.9 Å². The number of nitrogens with zero attached hydrogens (tertiary/aromatic N) is 4. The molecule has 0 amide bonds. The monoisotopic (exact) mass is 307 g/mol. The summed E-state index contributed by atoms with van der Waals surface area (Å²) < 4.78 is 1.75. The number of nitrogens with one attached hydrogen (secondary N) is 1. The van der Waals surface area contributed by atoms with E-state index in [1.807, 2.05) is 0 Å². The number of rotatable bonds is 6. The van der Waals surface area contributed by atoms with Gasteiger partial charge in [0.05, 0.1) is 23.0 Å². The molecule has 0 atom stereocenters. The third kappa shape index (κ3) is 3.37. The standard InChI is InChI=1S/C13H14ClN5O2/c14-12-5-11(19(20)21)4-1-9(12)7-18-13(16-8-17-18)6-15-10-2-3-10/h1,4-5,8,10,15H,2-3,6-7H2. The molecule has 0 radical (unpaired) electrons. The van der Waals surface area contributed by atoms with Crippen molar-refractivity contribution >= 4 is 17.3 Å². The molecule has 7 nitrogen and oxygen atoms in total. The largest absolute Gasteiger partial charge is 0.307 e. The molecule has 2 aromatic rings. The van der Waals surface area contributed by atoms with E-state index < -0.39 is 4.92 Å². The third-order valence-electron chi connectivity index (χ3n) is 3.39. The van der Waals surface area contributed by atoms with Crippen molar-refractivity contribution < 1.29 is 4.92 Å². The van der Waals surface area contributed by atoms with E-state index in [1.54, 1.807) is 10.7 Å². The van der Waals surface area contributed by atoms with Crippen LogP contribution in [0.1, 0.15) is 24.2 Å². The van der Waals surface area contributed by atoms with Gasteiger partial charge in [-0.05, 0) is 24.5 Å². The second-order valence-corrected chi connectivity index (χ2v) is 5.43. The predicted octanol–water partition coefficient (Wildman–Crippen LogP) is 2.14. The van der Waals surface area contributed by atoms with Crippen LogP contribution in [0.15, 0.2) is 24.5 Å². The average Bonchev–Trinajstić information content (AvgIpc) is 3.18. The summed E-state index contributed by atoms with van der Waals surface area (Å²) in [4.78, 5) is 14.5. The first kappa shape index (κ1) is 14.0. The number of halogens is 1. The number of benzene rings is 1. The van der Waals surface area contributed by atoms with Crippen molar-refractivity contribution in [1.29, 1.82) is 0 Å². The lowest BCUT2D eigenvalue weighted by Gasteiger charge is -2.08. The Hall–Kier alpha value is -1.99. The van der Waals surface area contributed by atoms with Crippen LogP contribution in [0.4, 0.5) is 5.69 Å². The minimum absolute atomic E-state index is 0.0158. The number of hydrogen-bond donors (Lipinski definition) is 1. The minimum atomic E-state index is -0.462. The quantitative estimate of drug-likeness (QED) is 0.652. The zero-order valence-corrected chi connectivity index (χ0v) is 12.0. The van der Waals surface area contributed by atoms with E-state index in [1.165, 1.54) is 31.3 Å². The van der Waals surface area contributed by atoms with Gasteiger partial charge in [0, 0.05) is 18.2 Å². The van der Waals surface area contributed by atoms with Crippen molar-refractivity contribution in [3.05, 3.63) is 51.1 Å². The van der Waals surface area contributed by atoms with Crippen LogP contribution in [0.25, 0.3) is 0 Å². The van der Waals surface area contributed by atoms with Crippen LogP contribution < -0.4 is 5.32 Å². The molecular weight excluding hydrogens is 294 g/mol. The van der Waals surface area contributed by atoms with Crippen molar-refractivity contribution in [2.45, 2.75) is 32.0 Å². The zero-order chi connectivity index (χ0) is 14.8. The first-order chi connectivity index (χ1) is 10.1. The summed E-state index contributed by atoms with van der Waals surface area (Å²) in [6, 6.07) is 5.05. The lowest BCUT2D eigenvalue weighted by Crippen LogP contribution is -2.19. The third-order valence-corrected chi connectivity index (χ3v) is 3.74. The number of nitro groups is 1. The maximum Gasteiger partial charge on any atom is 0.270 e. The fraction of sp³-hybridized carbons (Fsp3) is 0.385. The fourth-order valence-corrected chi connectivity index (χ4v) is 2.25. The first-order valence-electron chi connectivity index (χ1n) is 6.66. The van der Waals surface area contributed by atoms with Gasteiger partial charge in [0.15, 0.2) is 0 Å². The van der Waals surface area contributed by atoms with E-state index in [4.69, 9.17) is 11.6 Å². The van der Waals surface area contributed by atoms with Crippen molar-refractivity contribution in [3.63, 3.8) is 0 Å². The van der Waals surface area contributed by atoms with Gasteiger partial charge < -0.3 is 5.32 Å². The minimum Gasteiger partial charge on any atom is -0.307 e. The molecule has 0 spiro atoms. The molecule has 1 N–H and O–H groups in total. The Morgan fingerprint density at radius 2 is 2.29 bits per heavy atom. The summed E-state index contributed by atoms with van der Waals surface area (Å²) in [6.45, 7) is 1.10. The van der Waals surface area contributed by atoms with Crippen LogP contribution in [0.3, 0.4) is 0 Å². The molecule has 21 heavy (non-hydrogen) atoms. The van der Waals surface area contributed by atoms with E-state index >= 15 is 0 Å². The molecule has 110 valence electrons. The molecule has 1 fully saturated rings. The van der Waals surface area contributed by atoms with Gasteiger partial charge in [-0.2, -0.15) is 5.10 Å². The molecule has 1 aliphatic rings. The molecule has 0 aliphatic heterocycles. The molecule has 1 aromatic carbocycles. The summed E-state index contributed by atoms with van der Waals surface area (Å²) >= 11 is 6.10. The number of hydrogen-bond acceptors (Lipinski definition) is 5. The molecule has 0 bridgehead atoms. The van der Waals surface area contributed by atoms with Gasteiger partial charge >= 0.3 is 0 Å². The van der Waals surface area contributed by atoms with E-state index in [-0.39, 0.29) is 5.69 Å². The normalized spacial score (nSPS) is 14.3. The summed E-state index contributed by atoms with van der Waals surface area (Å²) in [5.41, 5.74) is 0.762. The van der Waals surface area contributed by atoms with Gasteiger partial charge in [-0.3, -0.25) is 10.1 Å². The highest BCUT2D eigenvalue weighted by atomic mass is 35.5. The average molecular weight is 308 g/mol. The molecule has 0 unspecified atom stereocenters. The van der Waals surface area contributed by atoms with Crippen LogP contribution >= 0.6 is 11.6 Å². The highest BCUT2D eigenvalue weighted by Gasteiger charge is 2.21. The smallest absolute Gasteiger partial charge is 0.270 e. The van der Waals surface area contributed by atoms with Crippen LogP contribution in [-0.4, -0.2) is 25.7 Å². The van der Waals surface area contributed by atoms with Crippen molar-refractivity contribution in [2.75, 3.05) is 0 Å². The van der Waals surface area contributed by atoms with Gasteiger partial charge in [0.2, 0.25) is 0 Å². The van der Waals surface area contributed by atoms with Gasteiger partial charge in [0.25, 0.3) is 5.69 Å². The second-order valence-electron chi connectivity index (χ2n) is 5.02. The second kappa shape index (κ2) is 5.79. The van der Waals surface area contributed by atoms with E-state index in [0.29, 0.717) is 24.2 Å². The van der Waals surface area contributed by atoms with Crippen molar-refractivity contribution in [1.82, 2.24) is 20.1 Å². The summed E-state index contributed by atoms with van der Waals surface area (Å²) in [5.74, 6) is 0.830. The van der Waals surface area contributed by atoms with Gasteiger partial charge in [-0.15, -0.1) is 0 Å². The molecule has 3 rings (SSSR count). The highest BCUT2D eigenvalue weighted by molar-refractivity contribution is 6.31.